The van der Waals surface area contributed by atoms with E-state index < -0.39 is 5.97 Å². The predicted octanol–water partition coefficient (Wildman–Crippen LogP) is 4.14. The monoisotopic (exact) mass is 391 g/mol. The number of furan rings is 1. The Morgan fingerprint density at radius 3 is 2.66 bits per heavy atom. The molecular formula is C21H17N3O5. The van der Waals surface area contributed by atoms with Gasteiger partial charge in [-0.25, -0.2) is 9.78 Å². The van der Waals surface area contributed by atoms with E-state index in [9.17, 15) is 9.59 Å². The molecule has 0 fully saturated rings. The van der Waals surface area contributed by atoms with Crippen molar-refractivity contribution in [3.05, 3.63) is 65.0 Å². The number of rotatable bonds is 4. The van der Waals surface area contributed by atoms with Gasteiger partial charge in [-0.1, -0.05) is 11.2 Å². The van der Waals surface area contributed by atoms with E-state index in [1.54, 1.807) is 50.2 Å². The fraction of sp³-hybridized carbons (Fsp3) is 0.143. The highest BCUT2D eigenvalue weighted by molar-refractivity contribution is 6.13. The van der Waals surface area contributed by atoms with Crippen LogP contribution in [-0.2, 0) is 4.74 Å². The van der Waals surface area contributed by atoms with Crippen LogP contribution in [0.1, 0.15) is 32.0 Å². The maximum atomic E-state index is 13.1. The number of aryl methyl sites for hydroxylation is 1. The number of carbonyl (C=O) groups is 2. The standard InChI is InChI=1S/C21H17N3O5/c1-11-13(21(26)27-3)6-4-7-15(11)22-19(25)14-10-16(17-8-5-9-28-17)23-20-18(14)12(2)24-29-20/h4-10H,1-3H3,(H,22,25). The Labute approximate surface area is 165 Å². The molecule has 0 aliphatic heterocycles. The molecule has 0 bridgehead atoms. The number of fused-ring (bicyclic) bond motifs is 1. The fourth-order valence-electron chi connectivity index (χ4n) is 3.12. The normalized spacial score (nSPS) is 10.9. The van der Waals surface area contributed by atoms with Gasteiger partial charge in [0.2, 0.25) is 0 Å². The molecule has 146 valence electrons. The molecule has 8 nitrogen and oxygen atoms in total. The average molecular weight is 391 g/mol. The minimum atomic E-state index is -0.472. The Bertz CT molecular complexity index is 1220. The molecule has 0 saturated carbocycles. The van der Waals surface area contributed by atoms with E-state index in [2.05, 4.69) is 15.5 Å². The number of aromatic nitrogens is 2. The van der Waals surface area contributed by atoms with Crippen molar-refractivity contribution in [3.63, 3.8) is 0 Å². The summed E-state index contributed by atoms with van der Waals surface area (Å²) in [4.78, 5) is 29.5. The summed E-state index contributed by atoms with van der Waals surface area (Å²) in [5.41, 5.74) is 3.04. The molecule has 0 aliphatic rings. The molecule has 0 atom stereocenters. The molecule has 3 aromatic heterocycles. The molecule has 0 radical (unpaired) electrons. The number of carbonyl (C=O) groups excluding carboxylic acids is 2. The summed E-state index contributed by atoms with van der Waals surface area (Å²) >= 11 is 0. The van der Waals surface area contributed by atoms with Crippen LogP contribution in [0.25, 0.3) is 22.6 Å². The summed E-state index contributed by atoms with van der Waals surface area (Å²) in [6.07, 6.45) is 1.52. The van der Waals surface area contributed by atoms with Crippen molar-refractivity contribution >= 4 is 28.7 Å². The number of hydrogen-bond donors (Lipinski definition) is 1. The van der Waals surface area contributed by atoms with Crippen LogP contribution in [-0.4, -0.2) is 29.1 Å². The number of benzene rings is 1. The van der Waals surface area contributed by atoms with E-state index in [0.29, 0.717) is 44.9 Å². The van der Waals surface area contributed by atoms with Gasteiger partial charge in [0.05, 0.1) is 35.6 Å². The smallest absolute Gasteiger partial charge is 0.338 e. The SMILES string of the molecule is COC(=O)c1cccc(NC(=O)c2cc(-c3ccco3)nc3onc(C)c23)c1C. The zero-order chi connectivity index (χ0) is 20.5. The molecule has 3 heterocycles. The van der Waals surface area contributed by atoms with Gasteiger partial charge in [-0.2, -0.15) is 0 Å². The fourth-order valence-corrected chi connectivity index (χ4v) is 3.12. The Hall–Kier alpha value is -3.94. The topological polar surface area (TPSA) is 107 Å². The van der Waals surface area contributed by atoms with Gasteiger partial charge in [0, 0.05) is 5.69 Å². The molecule has 1 aromatic carbocycles. The maximum Gasteiger partial charge on any atom is 0.338 e. The number of nitrogens with zero attached hydrogens (tertiary/aromatic N) is 2. The van der Waals surface area contributed by atoms with Gasteiger partial charge in [-0.15, -0.1) is 0 Å². The number of hydrogen-bond acceptors (Lipinski definition) is 7. The molecule has 0 spiro atoms. The van der Waals surface area contributed by atoms with E-state index in [0.717, 1.165) is 0 Å². The second-order valence-electron chi connectivity index (χ2n) is 6.40. The summed E-state index contributed by atoms with van der Waals surface area (Å²) in [7, 11) is 1.31. The van der Waals surface area contributed by atoms with Crippen LogP contribution in [0.2, 0.25) is 0 Å². The van der Waals surface area contributed by atoms with Gasteiger partial charge in [-0.05, 0) is 49.7 Å². The second-order valence-corrected chi connectivity index (χ2v) is 6.40. The lowest BCUT2D eigenvalue weighted by Crippen LogP contribution is -2.15. The van der Waals surface area contributed by atoms with E-state index in [1.165, 1.54) is 13.4 Å². The minimum absolute atomic E-state index is 0.238. The molecule has 0 aliphatic carbocycles. The molecule has 0 unspecified atom stereocenters. The quantitative estimate of drug-likeness (QED) is 0.521. The first-order valence-corrected chi connectivity index (χ1v) is 8.79. The highest BCUT2D eigenvalue weighted by Crippen LogP contribution is 2.28. The Morgan fingerprint density at radius 2 is 1.93 bits per heavy atom. The van der Waals surface area contributed by atoms with E-state index in [1.807, 2.05) is 0 Å². The van der Waals surface area contributed by atoms with Gasteiger partial charge in [0.1, 0.15) is 5.69 Å². The molecule has 4 aromatic rings. The van der Waals surface area contributed by atoms with Crippen LogP contribution >= 0.6 is 0 Å². The predicted molar refractivity (Wildman–Crippen MR) is 105 cm³/mol. The molecular weight excluding hydrogens is 374 g/mol. The van der Waals surface area contributed by atoms with Crippen molar-refractivity contribution in [2.45, 2.75) is 13.8 Å². The zero-order valence-corrected chi connectivity index (χ0v) is 16.0. The molecule has 8 heteroatoms. The number of anilines is 1. The Balaban J connectivity index is 1.78. The Morgan fingerprint density at radius 1 is 1.10 bits per heavy atom. The number of amides is 1. The van der Waals surface area contributed by atoms with Crippen molar-refractivity contribution < 1.29 is 23.3 Å². The van der Waals surface area contributed by atoms with E-state index >= 15 is 0 Å². The lowest BCUT2D eigenvalue weighted by atomic mass is 10.1. The van der Waals surface area contributed by atoms with Gasteiger partial charge in [0.15, 0.2) is 5.76 Å². The molecule has 1 N–H and O–H groups in total. The lowest BCUT2D eigenvalue weighted by molar-refractivity contribution is 0.0599. The number of nitrogens with one attached hydrogen (secondary N) is 1. The first-order valence-electron chi connectivity index (χ1n) is 8.79. The van der Waals surface area contributed by atoms with Crippen molar-refractivity contribution in [3.8, 4) is 11.5 Å². The van der Waals surface area contributed by atoms with Crippen molar-refractivity contribution in [1.29, 1.82) is 0 Å². The average Bonchev–Trinajstić information content (AvgIpc) is 3.38. The van der Waals surface area contributed by atoms with Gasteiger partial charge < -0.3 is 19.0 Å². The summed E-state index contributed by atoms with van der Waals surface area (Å²) in [5.74, 6) is -0.361. The number of pyridine rings is 1. The van der Waals surface area contributed by atoms with Crippen LogP contribution in [0.4, 0.5) is 5.69 Å². The van der Waals surface area contributed by atoms with Crippen LogP contribution in [0, 0.1) is 13.8 Å². The van der Waals surface area contributed by atoms with E-state index in [4.69, 9.17) is 13.7 Å². The largest absolute Gasteiger partial charge is 0.465 e. The highest BCUT2D eigenvalue weighted by Gasteiger charge is 2.21. The first kappa shape index (κ1) is 18.4. The van der Waals surface area contributed by atoms with Crippen molar-refractivity contribution in [2.75, 3.05) is 12.4 Å². The number of esters is 1. The summed E-state index contributed by atoms with van der Waals surface area (Å²) < 4.78 is 15.5. The van der Waals surface area contributed by atoms with Crippen LogP contribution in [0.3, 0.4) is 0 Å². The minimum Gasteiger partial charge on any atom is -0.465 e. The number of methoxy groups -OCH3 is 1. The summed E-state index contributed by atoms with van der Waals surface area (Å²) in [5, 5.41) is 7.29. The zero-order valence-electron chi connectivity index (χ0n) is 16.0. The second kappa shape index (κ2) is 7.23. The molecule has 1 amide bonds. The van der Waals surface area contributed by atoms with E-state index in [-0.39, 0.29) is 11.6 Å². The van der Waals surface area contributed by atoms with Crippen LogP contribution < -0.4 is 5.32 Å². The summed E-state index contributed by atoms with van der Waals surface area (Å²) in [6.45, 7) is 3.48. The van der Waals surface area contributed by atoms with Crippen molar-refractivity contribution in [1.82, 2.24) is 10.1 Å². The third-order valence-corrected chi connectivity index (χ3v) is 4.62. The third kappa shape index (κ3) is 3.25. The Kier molecular flexibility index (Phi) is 4.59. The van der Waals surface area contributed by atoms with Gasteiger partial charge in [-0.3, -0.25) is 4.79 Å². The van der Waals surface area contributed by atoms with Gasteiger partial charge >= 0.3 is 5.97 Å². The van der Waals surface area contributed by atoms with Crippen LogP contribution in [0.5, 0.6) is 0 Å². The lowest BCUT2D eigenvalue weighted by Gasteiger charge is -2.12. The van der Waals surface area contributed by atoms with Crippen LogP contribution in [0.15, 0.2) is 51.6 Å². The third-order valence-electron chi connectivity index (χ3n) is 4.62. The summed E-state index contributed by atoms with van der Waals surface area (Å²) in [6, 6.07) is 10.1. The molecule has 4 rings (SSSR count). The maximum absolute atomic E-state index is 13.1. The molecule has 29 heavy (non-hydrogen) atoms. The highest BCUT2D eigenvalue weighted by atomic mass is 16.5. The molecule has 0 saturated heterocycles. The van der Waals surface area contributed by atoms with Gasteiger partial charge in [0.25, 0.3) is 11.6 Å². The van der Waals surface area contributed by atoms with Crippen molar-refractivity contribution in [2.24, 2.45) is 0 Å². The first-order chi connectivity index (χ1) is 14.0. The number of ether oxygens (including phenoxy) is 1.